The second kappa shape index (κ2) is 6.39. The van der Waals surface area contributed by atoms with Crippen LogP contribution in [0.5, 0.6) is 5.75 Å². The van der Waals surface area contributed by atoms with Crippen LogP contribution in [0.15, 0.2) is 18.2 Å². The Morgan fingerprint density at radius 3 is 2.78 bits per heavy atom. The summed E-state index contributed by atoms with van der Waals surface area (Å²) in [6.45, 7) is 0.648. The van der Waals surface area contributed by atoms with E-state index in [1.165, 1.54) is 0 Å². The molecule has 0 radical (unpaired) electrons. The van der Waals surface area contributed by atoms with Crippen molar-refractivity contribution in [3.63, 3.8) is 0 Å². The molecule has 0 spiro atoms. The summed E-state index contributed by atoms with van der Waals surface area (Å²) >= 11 is 0. The van der Waals surface area contributed by atoms with Gasteiger partial charge in [0, 0.05) is 11.8 Å². The highest BCUT2D eigenvalue weighted by molar-refractivity contribution is 5.61. The number of hydrogen-bond donors (Lipinski definition) is 3. The number of benzene rings is 1. The third-order valence-electron chi connectivity index (χ3n) is 2.26. The molecule has 0 amide bonds. The quantitative estimate of drug-likeness (QED) is 0.657. The predicted octanol–water partition coefficient (Wildman–Crippen LogP) is 2.10. The number of nitrogens with two attached hydrogens (primary N) is 1. The highest BCUT2D eigenvalue weighted by atomic mass is 19.3. The molecule has 0 bridgehead atoms. The molecule has 18 heavy (non-hydrogen) atoms. The van der Waals surface area contributed by atoms with Crippen LogP contribution in [0.1, 0.15) is 13.3 Å². The largest absolute Gasteiger partial charge is 0.491 e. The normalized spacial score (nSPS) is 11.3. The lowest BCUT2D eigenvalue weighted by Crippen LogP contribution is -2.30. The molecule has 102 valence electrons. The molecule has 1 aromatic carbocycles. The zero-order valence-corrected chi connectivity index (χ0v) is 10.2. The Labute approximate surface area is 105 Å². The van der Waals surface area contributed by atoms with Crippen LogP contribution in [0.2, 0.25) is 0 Å². The minimum absolute atomic E-state index is 0.461. The van der Waals surface area contributed by atoms with Crippen molar-refractivity contribution in [1.29, 1.82) is 0 Å². The fourth-order valence-corrected chi connectivity index (χ4v) is 1.27. The van der Waals surface area contributed by atoms with Crippen LogP contribution in [-0.4, -0.2) is 30.8 Å². The van der Waals surface area contributed by atoms with Crippen LogP contribution in [-0.2, 0) is 0 Å². The first kappa shape index (κ1) is 14.5. The van der Waals surface area contributed by atoms with Gasteiger partial charge in [0.25, 0.3) is 5.92 Å². The fourth-order valence-electron chi connectivity index (χ4n) is 1.27. The van der Waals surface area contributed by atoms with Gasteiger partial charge in [-0.1, -0.05) is 6.92 Å². The molecule has 0 atom stereocenters. The Morgan fingerprint density at radius 1 is 1.44 bits per heavy atom. The van der Waals surface area contributed by atoms with Gasteiger partial charge in [-0.15, -0.1) is 0 Å². The minimum atomic E-state index is -3.15. The van der Waals surface area contributed by atoms with Crippen LogP contribution in [0, 0.1) is 0 Å². The van der Waals surface area contributed by atoms with Crippen molar-refractivity contribution in [2.45, 2.75) is 19.3 Å². The monoisotopic (exact) mass is 260 g/mol. The maximum Gasteiger partial charge on any atom is 0.287 e. The summed E-state index contributed by atoms with van der Waals surface area (Å²) < 4.78 is 31.1. The van der Waals surface area contributed by atoms with E-state index in [0.717, 1.165) is 6.42 Å². The first-order valence-electron chi connectivity index (χ1n) is 5.73. The number of anilines is 2. The highest BCUT2D eigenvalue weighted by Gasteiger charge is 2.27. The first-order valence-corrected chi connectivity index (χ1v) is 5.73. The van der Waals surface area contributed by atoms with Crippen molar-refractivity contribution < 1.29 is 18.6 Å². The van der Waals surface area contributed by atoms with Gasteiger partial charge >= 0.3 is 0 Å². The van der Waals surface area contributed by atoms with Gasteiger partial charge in [-0.3, -0.25) is 0 Å². The lowest BCUT2D eigenvalue weighted by molar-refractivity contribution is -0.0372. The van der Waals surface area contributed by atoms with E-state index >= 15 is 0 Å². The zero-order valence-electron chi connectivity index (χ0n) is 10.2. The van der Waals surface area contributed by atoms with Crippen molar-refractivity contribution in [3.8, 4) is 5.75 Å². The summed E-state index contributed by atoms with van der Waals surface area (Å²) in [7, 11) is 0. The molecule has 0 fully saturated rings. The average Bonchev–Trinajstić information content (AvgIpc) is 2.36. The van der Waals surface area contributed by atoms with Crippen molar-refractivity contribution >= 4 is 11.4 Å². The molecular formula is C12H18F2N2O2. The minimum Gasteiger partial charge on any atom is -0.491 e. The van der Waals surface area contributed by atoms with Crippen LogP contribution in [0.3, 0.4) is 0 Å². The summed E-state index contributed by atoms with van der Waals surface area (Å²) in [6.07, 6.45) is 0.833. The van der Waals surface area contributed by atoms with Gasteiger partial charge in [0.05, 0.1) is 18.8 Å². The Bertz CT molecular complexity index is 386. The zero-order chi connectivity index (χ0) is 13.6. The smallest absolute Gasteiger partial charge is 0.287 e. The first-order chi connectivity index (χ1) is 8.48. The number of rotatable bonds is 7. The number of nitrogen functional groups attached to an aromatic ring is 1. The second-order valence-corrected chi connectivity index (χ2v) is 3.97. The molecule has 0 saturated carbocycles. The summed E-state index contributed by atoms with van der Waals surface area (Å²) in [4.78, 5) is 0. The van der Waals surface area contributed by atoms with Crippen LogP contribution in [0.25, 0.3) is 0 Å². The molecule has 1 rings (SSSR count). The number of aliphatic hydroxyl groups excluding tert-OH is 1. The number of ether oxygens (including phenoxy) is 1. The number of nitrogens with one attached hydrogen (secondary N) is 1. The third-order valence-corrected chi connectivity index (χ3v) is 2.26. The lowest BCUT2D eigenvalue weighted by atomic mass is 10.2. The molecule has 0 unspecified atom stereocenters. The Balaban J connectivity index is 2.67. The molecule has 0 aliphatic heterocycles. The van der Waals surface area contributed by atoms with Crippen molar-refractivity contribution in [1.82, 2.24) is 0 Å². The number of halogens is 2. The average molecular weight is 260 g/mol. The standard InChI is InChI=1S/C12H18F2N2O2/c1-2-5-18-11-6-9(3-4-10(11)15)16-7-12(13,14)8-17/h3-4,6,16-17H,2,5,7-8,15H2,1H3. The van der Waals surface area contributed by atoms with Crippen molar-refractivity contribution in [2.24, 2.45) is 0 Å². The number of alkyl halides is 2. The Morgan fingerprint density at radius 2 is 2.17 bits per heavy atom. The van der Waals surface area contributed by atoms with Gasteiger partial charge in [-0.05, 0) is 18.6 Å². The molecule has 0 aromatic heterocycles. The molecule has 1 aromatic rings. The molecular weight excluding hydrogens is 242 g/mol. The molecule has 0 heterocycles. The van der Waals surface area contributed by atoms with Crippen molar-refractivity contribution in [2.75, 3.05) is 30.8 Å². The van der Waals surface area contributed by atoms with E-state index in [1.807, 2.05) is 6.92 Å². The highest BCUT2D eigenvalue weighted by Crippen LogP contribution is 2.26. The van der Waals surface area contributed by atoms with E-state index in [9.17, 15) is 8.78 Å². The van der Waals surface area contributed by atoms with Gasteiger partial charge < -0.3 is 20.9 Å². The topological polar surface area (TPSA) is 67.5 Å². The summed E-state index contributed by atoms with van der Waals surface area (Å²) in [5, 5.41) is 11.0. The van der Waals surface area contributed by atoms with Gasteiger partial charge in [-0.2, -0.15) is 0 Å². The van der Waals surface area contributed by atoms with Gasteiger partial charge in [-0.25, -0.2) is 8.78 Å². The molecule has 0 saturated heterocycles. The van der Waals surface area contributed by atoms with Crippen LogP contribution < -0.4 is 15.8 Å². The summed E-state index contributed by atoms with van der Waals surface area (Å²) in [5.74, 6) is -2.68. The van der Waals surface area contributed by atoms with Gasteiger partial charge in [0.2, 0.25) is 0 Å². The second-order valence-electron chi connectivity index (χ2n) is 3.97. The molecule has 0 aliphatic carbocycles. The maximum absolute atomic E-state index is 12.9. The Hall–Kier alpha value is -1.56. The molecule has 4 nitrogen and oxygen atoms in total. The number of hydrogen-bond acceptors (Lipinski definition) is 4. The lowest BCUT2D eigenvalue weighted by Gasteiger charge is -2.16. The SMILES string of the molecule is CCCOc1cc(NCC(F)(F)CO)ccc1N. The van der Waals surface area contributed by atoms with Gasteiger partial charge in [0.1, 0.15) is 12.4 Å². The summed E-state index contributed by atoms with van der Waals surface area (Å²) in [5.41, 5.74) is 6.63. The Kier molecular flexibility index (Phi) is 5.15. The summed E-state index contributed by atoms with van der Waals surface area (Å²) in [6, 6.07) is 4.74. The fraction of sp³-hybridized carbons (Fsp3) is 0.500. The van der Waals surface area contributed by atoms with Crippen LogP contribution in [0.4, 0.5) is 20.2 Å². The van der Waals surface area contributed by atoms with E-state index in [0.29, 0.717) is 23.7 Å². The van der Waals surface area contributed by atoms with Crippen LogP contribution >= 0.6 is 0 Å². The number of aliphatic hydroxyl groups is 1. The molecule has 4 N–H and O–H groups in total. The predicted molar refractivity (Wildman–Crippen MR) is 67.2 cm³/mol. The van der Waals surface area contributed by atoms with E-state index in [4.69, 9.17) is 15.6 Å². The maximum atomic E-state index is 12.9. The van der Waals surface area contributed by atoms with Crippen molar-refractivity contribution in [3.05, 3.63) is 18.2 Å². The van der Waals surface area contributed by atoms with E-state index in [-0.39, 0.29) is 0 Å². The third kappa shape index (κ3) is 4.37. The van der Waals surface area contributed by atoms with E-state index < -0.39 is 19.1 Å². The molecule has 0 aliphatic rings. The van der Waals surface area contributed by atoms with E-state index in [2.05, 4.69) is 5.32 Å². The van der Waals surface area contributed by atoms with E-state index in [1.54, 1.807) is 18.2 Å². The molecule has 6 heteroatoms. The van der Waals surface area contributed by atoms with Gasteiger partial charge in [0.15, 0.2) is 0 Å².